The molecule has 0 unspecified atom stereocenters. The first-order valence-electron chi connectivity index (χ1n) is 7.26. The van der Waals surface area contributed by atoms with Crippen molar-refractivity contribution in [3.63, 3.8) is 0 Å². The van der Waals surface area contributed by atoms with E-state index in [-0.39, 0.29) is 5.82 Å². The van der Waals surface area contributed by atoms with Crippen LogP contribution in [0.1, 0.15) is 22.0 Å². The molecule has 0 aliphatic heterocycles. The predicted octanol–water partition coefficient (Wildman–Crippen LogP) is 2.01. The van der Waals surface area contributed by atoms with E-state index in [0.717, 1.165) is 11.4 Å². The third kappa shape index (κ3) is 2.85. The van der Waals surface area contributed by atoms with Crippen LogP contribution in [0.25, 0.3) is 5.78 Å². The van der Waals surface area contributed by atoms with Crippen molar-refractivity contribution >= 4 is 17.4 Å². The summed E-state index contributed by atoms with van der Waals surface area (Å²) in [5, 5.41) is 6.94. The Balaban J connectivity index is 1.89. The molecule has 3 aromatic rings. The lowest BCUT2D eigenvalue weighted by molar-refractivity contribution is 0.101. The van der Waals surface area contributed by atoms with Crippen LogP contribution in [0.15, 0.2) is 24.3 Å². The number of aromatic nitrogens is 4. The zero-order valence-corrected chi connectivity index (χ0v) is 13.8. The number of amides is 1. The van der Waals surface area contributed by atoms with Crippen molar-refractivity contribution in [1.29, 1.82) is 0 Å². The molecule has 1 N–H and O–H groups in total. The number of rotatable bonds is 4. The molecule has 8 heteroatoms. The molecular weight excluding hydrogens is 310 g/mol. The number of carbonyl (C=O) groups excluding carboxylic acids is 1. The van der Waals surface area contributed by atoms with Gasteiger partial charge in [0.2, 0.25) is 5.82 Å². The first-order chi connectivity index (χ1) is 11.5. The zero-order valence-electron chi connectivity index (χ0n) is 13.8. The average molecular weight is 327 g/mol. The third-order valence-corrected chi connectivity index (χ3v) is 3.46. The Labute approximate surface area is 138 Å². The third-order valence-electron chi connectivity index (χ3n) is 3.46. The van der Waals surface area contributed by atoms with E-state index in [1.165, 1.54) is 11.6 Å². The van der Waals surface area contributed by atoms with Gasteiger partial charge in [-0.3, -0.25) is 4.79 Å². The maximum absolute atomic E-state index is 12.4. The normalized spacial score (nSPS) is 10.7. The monoisotopic (exact) mass is 327 g/mol. The molecule has 24 heavy (non-hydrogen) atoms. The second-order valence-corrected chi connectivity index (χ2v) is 5.21. The second kappa shape index (κ2) is 6.15. The lowest BCUT2D eigenvalue weighted by atomic mass is 10.2. The zero-order chi connectivity index (χ0) is 17.3. The molecular formula is C16H17N5O3. The van der Waals surface area contributed by atoms with Crippen molar-refractivity contribution in [1.82, 2.24) is 19.6 Å². The Kier molecular flexibility index (Phi) is 4.03. The Morgan fingerprint density at radius 2 is 1.83 bits per heavy atom. The van der Waals surface area contributed by atoms with Crippen LogP contribution in [0.4, 0.5) is 5.69 Å². The highest BCUT2D eigenvalue weighted by Gasteiger charge is 2.16. The number of nitrogens with zero attached hydrogens (tertiary/aromatic N) is 4. The maximum atomic E-state index is 12.4. The van der Waals surface area contributed by atoms with Crippen molar-refractivity contribution < 1.29 is 14.3 Å². The Bertz CT molecular complexity index is 919. The number of hydrogen-bond donors (Lipinski definition) is 1. The van der Waals surface area contributed by atoms with Gasteiger partial charge in [0.15, 0.2) is 11.5 Å². The van der Waals surface area contributed by atoms with Gasteiger partial charge in [-0.15, -0.1) is 5.10 Å². The summed E-state index contributed by atoms with van der Waals surface area (Å²) in [5.74, 6) is 1.11. The van der Waals surface area contributed by atoms with Gasteiger partial charge in [-0.05, 0) is 32.0 Å². The lowest BCUT2D eigenvalue weighted by Crippen LogP contribution is -2.14. The smallest absolute Gasteiger partial charge is 0.295 e. The molecule has 1 aromatic carbocycles. The first kappa shape index (κ1) is 15.7. The summed E-state index contributed by atoms with van der Waals surface area (Å²) in [6.45, 7) is 3.75. The number of anilines is 1. The SMILES string of the molecule is COc1ccc(NC(=O)c2nc3nc(C)cc(C)n3n2)cc1OC. The molecule has 0 radical (unpaired) electrons. The van der Waals surface area contributed by atoms with Crippen molar-refractivity contribution in [3.8, 4) is 11.5 Å². The number of hydrogen-bond acceptors (Lipinski definition) is 6. The first-order valence-corrected chi connectivity index (χ1v) is 7.26. The van der Waals surface area contributed by atoms with Gasteiger partial charge in [-0.2, -0.15) is 4.98 Å². The number of fused-ring (bicyclic) bond motifs is 1. The van der Waals surface area contributed by atoms with E-state index in [4.69, 9.17) is 9.47 Å². The molecule has 2 heterocycles. The Morgan fingerprint density at radius 1 is 1.08 bits per heavy atom. The highest BCUT2D eigenvalue weighted by atomic mass is 16.5. The number of ether oxygens (including phenoxy) is 2. The van der Waals surface area contributed by atoms with E-state index >= 15 is 0 Å². The average Bonchev–Trinajstić information content (AvgIpc) is 2.99. The summed E-state index contributed by atoms with van der Waals surface area (Å²) >= 11 is 0. The molecule has 0 saturated carbocycles. The van der Waals surface area contributed by atoms with Crippen LogP contribution in [0.5, 0.6) is 11.5 Å². The summed E-state index contributed by atoms with van der Waals surface area (Å²) in [5.41, 5.74) is 2.23. The Morgan fingerprint density at radius 3 is 2.54 bits per heavy atom. The molecule has 0 aliphatic rings. The fraction of sp³-hybridized carbons (Fsp3) is 0.250. The molecule has 8 nitrogen and oxygen atoms in total. The maximum Gasteiger partial charge on any atom is 0.295 e. The molecule has 1 amide bonds. The van der Waals surface area contributed by atoms with E-state index in [2.05, 4.69) is 20.4 Å². The minimum absolute atomic E-state index is 0.0472. The molecule has 124 valence electrons. The van der Waals surface area contributed by atoms with E-state index < -0.39 is 5.91 Å². The van der Waals surface area contributed by atoms with E-state index in [0.29, 0.717) is 23.0 Å². The molecule has 0 bridgehead atoms. The van der Waals surface area contributed by atoms with Gasteiger partial charge >= 0.3 is 0 Å². The lowest BCUT2D eigenvalue weighted by Gasteiger charge is -2.09. The predicted molar refractivity (Wildman–Crippen MR) is 87.8 cm³/mol. The van der Waals surface area contributed by atoms with Crippen molar-refractivity contribution in [2.75, 3.05) is 19.5 Å². The summed E-state index contributed by atoms with van der Waals surface area (Å²) in [7, 11) is 3.08. The van der Waals surface area contributed by atoms with Gasteiger partial charge in [0.05, 0.1) is 14.2 Å². The quantitative estimate of drug-likeness (QED) is 0.788. The highest BCUT2D eigenvalue weighted by molar-refractivity contribution is 6.01. The molecule has 0 spiro atoms. The van der Waals surface area contributed by atoms with Crippen molar-refractivity contribution in [2.45, 2.75) is 13.8 Å². The number of benzene rings is 1. The van der Waals surface area contributed by atoms with Crippen LogP contribution >= 0.6 is 0 Å². The molecule has 0 aliphatic carbocycles. The van der Waals surface area contributed by atoms with Gasteiger partial charge in [0.1, 0.15) is 0 Å². The van der Waals surface area contributed by atoms with Crippen LogP contribution in [0.3, 0.4) is 0 Å². The number of carbonyl (C=O) groups is 1. The van der Waals surface area contributed by atoms with Crippen LogP contribution in [-0.2, 0) is 0 Å². The van der Waals surface area contributed by atoms with Crippen LogP contribution < -0.4 is 14.8 Å². The van der Waals surface area contributed by atoms with Crippen LogP contribution in [0, 0.1) is 13.8 Å². The van der Waals surface area contributed by atoms with Crippen molar-refractivity contribution in [3.05, 3.63) is 41.5 Å². The molecule has 0 atom stereocenters. The van der Waals surface area contributed by atoms with Gasteiger partial charge < -0.3 is 14.8 Å². The topological polar surface area (TPSA) is 90.6 Å². The summed E-state index contributed by atoms with van der Waals surface area (Å²) in [4.78, 5) is 20.8. The number of aryl methyl sites for hydroxylation is 2. The summed E-state index contributed by atoms with van der Waals surface area (Å²) in [6, 6.07) is 6.96. The fourth-order valence-electron chi connectivity index (χ4n) is 2.36. The van der Waals surface area contributed by atoms with Crippen LogP contribution in [-0.4, -0.2) is 39.7 Å². The van der Waals surface area contributed by atoms with E-state index in [9.17, 15) is 4.79 Å². The molecule has 0 fully saturated rings. The van der Waals surface area contributed by atoms with Gasteiger partial charge in [-0.25, -0.2) is 9.50 Å². The number of methoxy groups -OCH3 is 2. The molecule has 2 aromatic heterocycles. The minimum Gasteiger partial charge on any atom is -0.493 e. The fourth-order valence-corrected chi connectivity index (χ4v) is 2.36. The van der Waals surface area contributed by atoms with Gasteiger partial charge in [-0.1, -0.05) is 0 Å². The van der Waals surface area contributed by atoms with Crippen LogP contribution in [0.2, 0.25) is 0 Å². The minimum atomic E-state index is -0.426. The standard InChI is InChI=1S/C16H17N5O3/c1-9-7-10(2)21-16(17-9)19-14(20-21)15(22)18-11-5-6-12(23-3)13(8-11)24-4/h5-8H,1-4H3,(H,18,22). The van der Waals surface area contributed by atoms with Crippen molar-refractivity contribution in [2.24, 2.45) is 0 Å². The number of nitrogens with one attached hydrogen (secondary N) is 1. The molecule has 0 saturated heterocycles. The van der Waals surface area contributed by atoms with Gasteiger partial charge in [0, 0.05) is 23.1 Å². The Hall–Kier alpha value is -3.16. The largest absolute Gasteiger partial charge is 0.493 e. The van der Waals surface area contributed by atoms with Gasteiger partial charge in [0.25, 0.3) is 11.7 Å². The highest BCUT2D eigenvalue weighted by Crippen LogP contribution is 2.29. The second-order valence-electron chi connectivity index (χ2n) is 5.21. The van der Waals surface area contributed by atoms with E-state index in [1.54, 1.807) is 25.3 Å². The molecule has 3 rings (SSSR count). The summed E-state index contributed by atoms with van der Waals surface area (Å²) < 4.78 is 11.9. The van der Waals surface area contributed by atoms with E-state index in [1.807, 2.05) is 19.9 Å². The summed E-state index contributed by atoms with van der Waals surface area (Å²) in [6.07, 6.45) is 0.